The largest absolute Gasteiger partial charge is 0.490 e. The van der Waals surface area contributed by atoms with Gasteiger partial charge in [-0.15, -0.1) is 0 Å². The van der Waals surface area contributed by atoms with E-state index in [0.717, 1.165) is 67.0 Å². The number of amides is 1. The first-order valence-electron chi connectivity index (χ1n) is 17.1. The van der Waals surface area contributed by atoms with Crippen molar-refractivity contribution in [2.24, 2.45) is 5.92 Å². The Kier molecular flexibility index (Phi) is 16.8. The molecule has 4 aromatic rings. The minimum absolute atomic E-state index is 0.0596. The van der Waals surface area contributed by atoms with Crippen LogP contribution in [0.5, 0.6) is 0 Å². The first kappa shape index (κ1) is 48.0. The number of nitrogens with one attached hydrogen (secondary N) is 3. The van der Waals surface area contributed by atoms with Gasteiger partial charge in [0.05, 0.1) is 18.1 Å². The summed E-state index contributed by atoms with van der Waals surface area (Å²) in [6, 6.07) is 18.5. The van der Waals surface area contributed by atoms with Gasteiger partial charge in [0.1, 0.15) is 5.02 Å². The fourth-order valence-corrected chi connectivity index (χ4v) is 5.39. The molecule has 0 unspecified atom stereocenters. The lowest BCUT2D eigenvalue weighted by atomic mass is 9.92. The Balaban J connectivity index is 0.000000377. The SMILES string of the molecule is O=C(CC1CCN(c2ccccc2)CC1)Nc1ccc2cc1CCc1cncc(c1)Nc1ncc(Cl)c(n1)N2.O=C(O)C(F)(F)F.O=C(O)C(F)(F)F.O=C(O)C(F)(F)F. The summed E-state index contributed by atoms with van der Waals surface area (Å²) in [4.78, 5) is 55.4. The Bertz CT molecular complexity index is 2040. The minimum Gasteiger partial charge on any atom is -0.475 e. The third kappa shape index (κ3) is 16.1. The zero-order valence-electron chi connectivity index (χ0n) is 30.5. The summed E-state index contributed by atoms with van der Waals surface area (Å²) in [6.45, 7) is 1.95. The molecule has 6 N–H and O–H groups in total. The van der Waals surface area contributed by atoms with Crippen LogP contribution < -0.4 is 20.9 Å². The number of carboxylic acid groups (broad SMARTS) is 3. The van der Waals surface area contributed by atoms with Crippen LogP contribution in [-0.2, 0) is 32.0 Å². The second-order valence-electron chi connectivity index (χ2n) is 12.5. The van der Waals surface area contributed by atoms with E-state index in [-0.39, 0.29) is 5.91 Å². The highest BCUT2D eigenvalue weighted by molar-refractivity contribution is 6.32. The number of carboxylic acids is 3. The zero-order valence-corrected chi connectivity index (χ0v) is 31.3. The zero-order chi connectivity index (χ0) is 44.8. The van der Waals surface area contributed by atoms with Crippen molar-refractivity contribution in [1.82, 2.24) is 15.0 Å². The summed E-state index contributed by atoms with van der Waals surface area (Å²) in [6.07, 6.45) is -6.02. The van der Waals surface area contributed by atoms with Crippen molar-refractivity contribution >= 4 is 69.9 Å². The molecule has 6 rings (SSSR count). The number of anilines is 6. The maximum Gasteiger partial charge on any atom is 0.490 e. The predicted molar refractivity (Wildman–Crippen MR) is 197 cm³/mol. The number of hydrogen-bond acceptors (Lipinski definition) is 10. The summed E-state index contributed by atoms with van der Waals surface area (Å²) < 4.78 is 95.2. The van der Waals surface area contributed by atoms with Crippen LogP contribution in [0.25, 0.3) is 0 Å². The van der Waals surface area contributed by atoms with Crippen LogP contribution in [-0.4, -0.2) is 85.7 Å². The third-order valence-electron chi connectivity index (χ3n) is 8.06. The lowest BCUT2D eigenvalue weighted by Crippen LogP contribution is -2.34. The topological polar surface area (TPSA) is 207 Å². The van der Waals surface area contributed by atoms with E-state index in [9.17, 15) is 44.3 Å². The quantitative estimate of drug-likeness (QED) is 0.107. The smallest absolute Gasteiger partial charge is 0.475 e. The number of carbonyl (C=O) groups is 4. The second kappa shape index (κ2) is 21.0. The molecule has 6 bridgehead atoms. The van der Waals surface area contributed by atoms with Crippen molar-refractivity contribution in [3.63, 3.8) is 0 Å². The van der Waals surface area contributed by atoms with Gasteiger partial charge in [-0.2, -0.15) is 44.5 Å². The Morgan fingerprint density at radius 1 is 0.750 bits per heavy atom. The molecule has 14 nitrogen and oxygen atoms in total. The van der Waals surface area contributed by atoms with Crippen molar-refractivity contribution in [2.45, 2.75) is 50.6 Å². The van der Waals surface area contributed by atoms with Crippen molar-refractivity contribution in [2.75, 3.05) is 33.9 Å². The van der Waals surface area contributed by atoms with Gasteiger partial charge in [0.2, 0.25) is 11.9 Å². The molecule has 24 heteroatoms. The van der Waals surface area contributed by atoms with Crippen LogP contribution in [0.3, 0.4) is 0 Å². The van der Waals surface area contributed by atoms with Crippen LogP contribution >= 0.6 is 11.6 Å². The fourth-order valence-electron chi connectivity index (χ4n) is 5.25. The van der Waals surface area contributed by atoms with Crippen molar-refractivity contribution < 1.29 is 74.0 Å². The minimum atomic E-state index is -5.08. The average Bonchev–Trinajstić information content (AvgIpc) is 3.17. The van der Waals surface area contributed by atoms with E-state index in [1.807, 2.05) is 30.5 Å². The lowest BCUT2D eigenvalue weighted by molar-refractivity contribution is -0.193. The van der Waals surface area contributed by atoms with Gasteiger partial charge >= 0.3 is 36.4 Å². The molecule has 324 valence electrons. The van der Waals surface area contributed by atoms with E-state index in [2.05, 4.69) is 66.1 Å². The van der Waals surface area contributed by atoms with Gasteiger partial charge in [-0.1, -0.05) is 29.8 Å². The Morgan fingerprint density at radius 3 is 1.87 bits per heavy atom. The molecule has 2 aromatic carbocycles. The van der Waals surface area contributed by atoms with E-state index < -0.39 is 36.4 Å². The number of aromatic nitrogens is 3. The van der Waals surface area contributed by atoms with Crippen LogP contribution in [0.1, 0.15) is 30.4 Å². The first-order valence-corrected chi connectivity index (χ1v) is 17.4. The summed E-state index contributed by atoms with van der Waals surface area (Å²) in [5, 5.41) is 31.5. The number of aryl methyl sites for hydroxylation is 2. The predicted octanol–water partition coefficient (Wildman–Crippen LogP) is 8.26. The van der Waals surface area contributed by atoms with Crippen LogP contribution in [0, 0.1) is 5.92 Å². The molecule has 0 spiro atoms. The highest BCUT2D eigenvalue weighted by Gasteiger charge is 2.39. The molecule has 2 aliphatic rings. The van der Waals surface area contributed by atoms with Crippen LogP contribution in [0.4, 0.5) is 74.0 Å². The van der Waals surface area contributed by atoms with E-state index in [0.29, 0.717) is 29.1 Å². The second-order valence-corrected chi connectivity index (χ2v) is 12.9. The van der Waals surface area contributed by atoms with Crippen molar-refractivity contribution in [3.05, 3.63) is 89.3 Å². The van der Waals surface area contributed by atoms with Gasteiger partial charge in [-0.05, 0) is 79.1 Å². The fraction of sp³-hybridized carbons (Fsp3) is 0.306. The van der Waals surface area contributed by atoms with Gasteiger partial charge in [-0.3, -0.25) is 9.78 Å². The maximum atomic E-state index is 13.1. The molecule has 0 aliphatic carbocycles. The molecule has 1 amide bonds. The molecule has 1 fully saturated rings. The molecule has 1 saturated heterocycles. The highest BCUT2D eigenvalue weighted by atomic mass is 35.5. The molecular formula is C36H33ClF9N7O7. The van der Waals surface area contributed by atoms with E-state index in [1.165, 1.54) is 5.69 Å². The number of carbonyl (C=O) groups excluding carboxylic acids is 1. The van der Waals surface area contributed by atoms with Gasteiger partial charge in [0, 0.05) is 42.8 Å². The lowest BCUT2D eigenvalue weighted by Gasteiger charge is -2.33. The standard InChI is InChI=1S/C30H30ClN7O.3C2HF3O2/c31-26-19-33-30-35-24-14-21(17-32-18-24)6-7-22-16-23(34-29(26)37-30)8-9-27(22)36-28(39)15-20-10-12-38(13-11-20)25-4-2-1-3-5-25;3*3-2(4,5)1(6)7/h1-5,8-9,14,16-20H,6-7,10-13,15H2,(H,36,39)(H2,33,34,35,37);3*(H,6,7). The van der Waals surface area contributed by atoms with Crippen molar-refractivity contribution in [3.8, 4) is 0 Å². The maximum absolute atomic E-state index is 13.1. The van der Waals surface area contributed by atoms with Crippen LogP contribution in [0.15, 0.2) is 73.2 Å². The normalized spacial score (nSPS) is 13.8. The number of fused-ring (bicyclic) bond motifs is 6. The molecule has 60 heavy (non-hydrogen) atoms. The number of aliphatic carboxylic acids is 3. The number of halogens is 10. The number of pyridine rings is 1. The van der Waals surface area contributed by atoms with E-state index in [4.69, 9.17) is 41.3 Å². The molecule has 2 aliphatic heterocycles. The van der Waals surface area contributed by atoms with E-state index in [1.54, 1.807) is 12.4 Å². The van der Waals surface area contributed by atoms with Crippen LogP contribution in [0.2, 0.25) is 5.02 Å². The summed E-state index contributed by atoms with van der Waals surface area (Å²) in [7, 11) is 0. The number of benzene rings is 2. The Labute approximate surface area is 338 Å². The highest BCUT2D eigenvalue weighted by Crippen LogP contribution is 2.31. The Morgan fingerprint density at radius 2 is 1.32 bits per heavy atom. The number of hydrogen-bond donors (Lipinski definition) is 6. The molecule has 4 heterocycles. The summed E-state index contributed by atoms with van der Waals surface area (Å²) in [5.41, 5.74) is 5.85. The van der Waals surface area contributed by atoms with Gasteiger partial charge in [0.15, 0.2) is 5.82 Å². The monoisotopic (exact) mass is 881 g/mol. The van der Waals surface area contributed by atoms with E-state index >= 15 is 0 Å². The van der Waals surface area contributed by atoms with Gasteiger partial charge in [0.25, 0.3) is 0 Å². The van der Waals surface area contributed by atoms with Gasteiger partial charge in [-0.25, -0.2) is 19.4 Å². The molecule has 0 saturated carbocycles. The number of para-hydroxylation sites is 1. The number of rotatable bonds is 4. The average molecular weight is 882 g/mol. The number of alkyl halides is 9. The van der Waals surface area contributed by atoms with Gasteiger partial charge < -0.3 is 36.2 Å². The third-order valence-corrected chi connectivity index (χ3v) is 8.33. The first-order chi connectivity index (χ1) is 27.9. The number of nitrogens with zero attached hydrogens (tertiary/aromatic N) is 4. The summed E-state index contributed by atoms with van der Waals surface area (Å²) >= 11 is 6.38. The molecule has 2 aromatic heterocycles. The molecule has 0 radical (unpaired) electrons. The molecule has 0 atom stereocenters. The van der Waals surface area contributed by atoms with Crippen molar-refractivity contribution in [1.29, 1.82) is 0 Å². The number of piperidine rings is 1. The summed E-state index contributed by atoms with van der Waals surface area (Å²) in [5.74, 6) is -6.90. The Hall–Kier alpha value is -6.39. The molecular weight excluding hydrogens is 849 g/mol.